The van der Waals surface area contributed by atoms with Gasteiger partial charge in [-0.25, -0.2) is 0 Å². The highest BCUT2D eigenvalue weighted by Crippen LogP contribution is 2.42. The number of hydrogen-bond donors (Lipinski definition) is 4. The summed E-state index contributed by atoms with van der Waals surface area (Å²) in [5.41, 5.74) is 2.87. The highest BCUT2D eigenvalue weighted by molar-refractivity contribution is 6.30. The molecule has 0 atom stereocenters. The zero-order chi connectivity index (χ0) is 20.4. The number of benzene rings is 3. The molecule has 0 radical (unpaired) electrons. The molecule has 0 aliphatic carbocycles. The van der Waals surface area contributed by atoms with Gasteiger partial charge in [0.15, 0.2) is 0 Å². The van der Waals surface area contributed by atoms with Crippen LogP contribution in [-0.2, 0) is 10.2 Å². The maximum absolute atomic E-state index is 11.3. The Hall–Kier alpha value is -2.93. The van der Waals surface area contributed by atoms with E-state index in [4.69, 9.17) is 15.1 Å². The van der Waals surface area contributed by atoms with Crippen molar-refractivity contribution in [3.05, 3.63) is 108 Å². The summed E-state index contributed by atoms with van der Waals surface area (Å²) in [7, 11) is -2.17. The first-order valence-electron chi connectivity index (χ1n) is 8.89. The van der Waals surface area contributed by atoms with Crippen LogP contribution >= 0.6 is 0 Å². The molecule has 28 heavy (non-hydrogen) atoms. The van der Waals surface area contributed by atoms with E-state index in [0.717, 1.165) is 16.7 Å². The van der Waals surface area contributed by atoms with Gasteiger partial charge in [-0.3, -0.25) is 4.79 Å². The number of carboxylic acids is 1. The molecule has 3 aromatic carbocycles. The van der Waals surface area contributed by atoms with Crippen LogP contribution < -0.4 is 0 Å². The Morgan fingerprint density at radius 2 is 0.964 bits per heavy atom. The van der Waals surface area contributed by atoms with Gasteiger partial charge < -0.3 is 20.2 Å². The average molecular weight is 378 g/mol. The molecule has 144 valence electrons. The van der Waals surface area contributed by atoms with Gasteiger partial charge in [-0.05, 0) is 23.1 Å². The molecule has 0 aliphatic heterocycles. The van der Waals surface area contributed by atoms with E-state index < -0.39 is 18.7 Å². The molecular formula is C22H23BO5. The number of rotatable bonds is 6. The molecule has 0 amide bonds. The van der Waals surface area contributed by atoms with Crippen molar-refractivity contribution in [1.82, 2.24) is 0 Å². The van der Waals surface area contributed by atoms with Gasteiger partial charge >= 0.3 is 13.3 Å². The number of carboxylic acid groups (broad SMARTS) is 1. The monoisotopic (exact) mass is 378 g/mol. The molecule has 3 aromatic rings. The van der Waals surface area contributed by atoms with Gasteiger partial charge in [0.1, 0.15) is 0 Å². The molecule has 0 spiro atoms. The lowest BCUT2D eigenvalue weighted by atomic mass is 9.67. The van der Waals surface area contributed by atoms with E-state index in [9.17, 15) is 9.90 Å². The third kappa shape index (κ3) is 5.53. The summed E-state index contributed by atoms with van der Waals surface area (Å²) in [5, 5.41) is 30.8. The highest BCUT2D eigenvalue weighted by atomic mass is 16.5. The number of carbonyl (C=O) groups is 1. The third-order valence-corrected chi connectivity index (χ3v) is 4.51. The Morgan fingerprint density at radius 1 is 0.679 bits per heavy atom. The molecule has 0 saturated carbocycles. The standard InChI is InChI=1S/C22H20O2.BH3O3/c23-21(24)16-17-22(18-10-4-1-5-11-18,19-12-6-2-7-13-19)20-14-8-3-9-15-20;2-1(3)4/h1-15H,16-17H2,(H,23,24);2-4H. The third-order valence-electron chi connectivity index (χ3n) is 4.51. The predicted molar refractivity (Wildman–Crippen MR) is 108 cm³/mol. The Morgan fingerprint density at radius 3 is 1.21 bits per heavy atom. The van der Waals surface area contributed by atoms with Crippen molar-refractivity contribution in [1.29, 1.82) is 0 Å². The molecule has 0 aliphatic rings. The van der Waals surface area contributed by atoms with Gasteiger partial charge in [-0.2, -0.15) is 0 Å². The van der Waals surface area contributed by atoms with Crippen LogP contribution in [0.3, 0.4) is 0 Å². The van der Waals surface area contributed by atoms with E-state index in [0.29, 0.717) is 6.42 Å². The largest absolute Gasteiger partial charge is 0.631 e. The van der Waals surface area contributed by atoms with Gasteiger partial charge in [-0.15, -0.1) is 0 Å². The lowest BCUT2D eigenvalue weighted by Gasteiger charge is -2.35. The Labute approximate surface area is 164 Å². The molecule has 6 heteroatoms. The Bertz CT molecular complexity index is 739. The zero-order valence-electron chi connectivity index (χ0n) is 15.3. The SMILES string of the molecule is O=C(O)CCC(c1ccccc1)(c1ccccc1)c1ccccc1.OB(O)O. The number of hydrogen-bond acceptors (Lipinski definition) is 4. The van der Waals surface area contributed by atoms with Gasteiger partial charge in [0.2, 0.25) is 0 Å². The molecule has 0 heterocycles. The van der Waals surface area contributed by atoms with Gasteiger partial charge in [0.05, 0.1) is 0 Å². The second-order valence-corrected chi connectivity index (χ2v) is 6.24. The van der Waals surface area contributed by atoms with Crippen molar-refractivity contribution < 1.29 is 25.0 Å². The topological polar surface area (TPSA) is 98.0 Å². The van der Waals surface area contributed by atoms with Crippen molar-refractivity contribution in [3.8, 4) is 0 Å². The minimum atomic E-state index is -2.17. The normalized spacial score (nSPS) is 10.5. The summed E-state index contributed by atoms with van der Waals surface area (Å²) in [6, 6.07) is 30.5. The van der Waals surface area contributed by atoms with Crippen LogP contribution in [0.4, 0.5) is 0 Å². The first-order chi connectivity index (χ1) is 13.5. The summed E-state index contributed by atoms with van der Waals surface area (Å²) >= 11 is 0. The molecule has 3 rings (SSSR count). The average Bonchev–Trinajstić information content (AvgIpc) is 2.70. The fourth-order valence-corrected chi connectivity index (χ4v) is 3.40. The first kappa shape index (κ1) is 21.4. The Balaban J connectivity index is 0.000000640. The molecule has 0 unspecified atom stereocenters. The van der Waals surface area contributed by atoms with Crippen molar-refractivity contribution in [2.75, 3.05) is 0 Å². The molecule has 0 saturated heterocycles. The van der Waals surface area contributed by atoms with Crippen LogP contribution in [0.25, 0.3) is 0 Å². The molecule has 5 nitrogen and oxygen atoms in total. The quantitative estimate of drug-likeness (QED) is 0.391. The maximum Gasteiger partial charge on any atom is 0.631 e. The summed E-state index contributed by atoms with van der Waals surface area (Å²) in [6.07, 6.45) is 0.624. The van der Waals surface area contributed by atoms with E-state index in [1.165, 1.54) is 0 Å². The van der Waals surface area contributed by atoms with E-state index in [2.05, 4.69) is 36.4 Å². The van der Waals surface area contributed by atoms with Crippen molar-refractivity contribution in [2.24, 2.45) is 0 Å². The highest BCUT2D eigenvalue weighted by Gasteiger charge is 2.36. The number of aliphatic carboxylic acids is 1. The lowest BCUT2D eigenvalue weighted by molar-refractivity contribution is -0.137. The van der Waals surface area contributed by atoms with Crippen molar-refractivity contribution >= 4 is 13.3 Å². The summed E-state index contributed by atoms with van der Waals surface area (Å²) in [6.45, 7) is 0. The molecular weight excluding hydrogens is 355 g/mol. The van der Waals surface area contributed by atoms with Gasteiger partial charge in [0.25, 0.3) is 0 Å². The lowest BCUT2D eigenvalue weighted by Crippen LogP contribution is -2.30. The van der Waals surface area contributed by atoms with Crippen LogP contribution in [0, 0.1) is 0 Å². The van der Waals surface area contributed by atoms with E-state index >= 15 is 0 Å². The molecule has 0 fully saturated rings. The van der Waals surface area contributed by atoms with E-state index in [1.807, 2.05) is 54.6 Å². The van der Waals surface area contributed by atoms with Gasteiger partial charge in [-0.1, -0.05) is 91.0 Å². The van der Waals surface area contributed by atoms with Crippen LogP contribution in [0.15, 0.2) is 91.0 Å². The molecule has 0 bridgehead atoms. The summed E-state index contributed by atoms with van der Waals surface area (Å²) < 4.78 is 0. The molecule has 0 aromatic heterocycles. The fourth-order valence-electron chi connectivity index (χ4n) is 3.40. The Kier molecular flexibility index (Phi) is 7.95. The second-order valence-electron chi connectivity index (χ2n) is 6.24. The van der Waals surface area contributed by atoms with Crippen LogP contribution in [0.1, 0.15) is 29.5 Å². The summed E-state index contributed by atoms with van der Waals surface area (Å²) in [4.78, 5) is 11.3. The van der Waals surface area contributed by atoms with Crippen LogP contribution in [0.2, 0.25) is 0 Å². The van der Waals surface area contributed by atoms with Crippen molar-refractivity contribution in [2.45, 2.75) is 18.3 Å². The second kappa shape index (κ2) is 10.4. The van der Waals surface area contributed by atoms with Crippen LogP contribution in [-0.4, -0.2) is 33.5 Å². The van der Waals surface area contributed by atoms with Gasteiger partial charge in [0, 0.05) is 11.8 Å². The summed E-state index contributed by atoms with van der Waals surface area (Å²) in [5.74, 6) is -0.776. The van der Waals surface area contributed by atoms with E-state index in [-0.39, 0.29) is 6.42 Å². The van der Waals surface area contributed by atoms with E-state index in [1.54, 1.807) is 0 Å². The molecule has 4 N–H and O–H groups in total. The van der Waals surface area contributed by atoms with Crippen molar-refractivity contribution in [3.63, 3.8) is 0 Å². The minimum absolute atomic E-state index is 0.110. The predicted octanol–water partition coefficient (Wildman–Crippen LogP) is 2.83. The minimum Gasteiger partial charge on any atom is -0.481 e. The maximum atomic E-state index is 11.3. The zero-order valence-corrected chi connectivity index (χ0v) is 15.3. The fraction of sp³-hybridized carbons (Fsp3) is 0.136. The first-order valence-corrected chi connectivity index (χ1v) is 8.89. The van der Waals surface area contributed by atoms with Crippen LogP contribution in [0.5, 0.6) is 0 Å². The smallest absolute Gasteiger partial charge is 0.481 e.